The summed E-state index contributed by atoms with van der Waals surface area (Å²) in [7, 11) is 0. The van der Waals surface area contributed by atoms with Gasteiger partial charge < -0.3 is 4.57 Å². The number of thioether (sulfide) groups is 1. The number of benzene rings is 2. The Morgan fingerprint density at radius 3 is 2.49 bits per heavy atom. The van der Waals surface area contributed by atoms with Gasteiger partial charge in [-0.1, -0.05) is 60.3 Å². The summed E-state index contributed by atoms with van der Waals surface area (Å²) in [6, 6.07) is 22.1. The van der Waals surface area contributed by atoms with E-state index in [0.717, 1.165) is 71.5 Å². The molecule has 6 rings (SSSR count). The normalized spacial score (nSPS) is 13.1. The second kappa shape index (κ2) is 11.0. The molecule has 7 heteroatoms. The van der Waals surface area contributed by atoms with Crippen LogP contribution in [-0.2, 0) is 25.8 Å². The fourth-order valence-electron chi connectivity index (χ4n) is 5.61. The molecule has 0 bridgehead atoms. The summed E-state index contributed by atoms with van der Waals surface area (Å²) >= 11 is 3.00. The Morgan fingerprint density at radius 1 is 1.00 bits per heavy atom. The van der Waals surface area contributed by atoms with Gasteiger partial charge in [-0.25, -0.2) is 4.98 Å². The van der Waals surface area contributed by atoms with E-state index in [1.54, 1.807) is 15.9 Å². The zero-order valence-corrected chi connectivity index (χ0v) is 23.9. The molecular formula is C32H31N3O2S2. The first-order valence-electron chi connectivity index (χ1n) is 13.5. The summed E-state index contributed by atoms with van der Waals surface area (Å²) in [4.78, 5) is 34.5. The summed E-state index contributed by atoms with van der Waals surface area (Å²) in [6.07, 6.45) is 5.14. The van der Waals surface area contributed by atoms with Gasteiger partial charge in [0.25, 0.3) is 5.56 Å². The van der Waals surface area contributed by atoms with Crippen LogP contribution in [0.25, 0.3) is 15.9 Å². The number of ketones is 1. The lowest BCUT2D eigenvalue weighted by molar-refractivity contribution is 0.102. The van der Waals surface area contributed by atoms with Gasteiger partial charge in [-0.15, -0.1) is 11.3 Å². The van der Waals surface area contributed by atoms with Crippen molar-refractivity contribution >= 4 is 39.1 Å². The minimum absolute atomic E-state index is 0.0281. The largest absolute Gasteiger partial charge is 0.348 e. The van der Waals surface area contributed by atoms with Crippen molar-refractivity contribution in [3.05, 3.63) is 110 Å². The lowest BCUT2D eigenvalue weighted by atomic mass is 9.97. The van der Waals surface area contributed by atoms with Crippen molar-refractivity contribution in [2.45, 2.75) is 57.7 Å². The van der Waals surface area contributed by atoms with Crippen LogP contribution in [0.15, 0.2) is 76.7 Å². The molecule has 0 amide bonds. The maximum Gasteiger partial charge on any atom is 0.267 e. The van der Waals surface area contributed by atoms with Crippen molar-refractivity contribution in [2.75, 3.05) is 5.75 Å². The first-order valence-corrected chi connectivity index (χ1v) is 15.3. The second-order valence-electron chi connectivity index (χ2n) is 10.1. The van der Waals surface area contributed by atoms with Crippen molar-refractivity contribution in [3.8, 4) is 5.69 Å². The van der Waals surface area contributed by atoms with Crippen molar-refractivity contribution in [2.24, 2.45) is 0 Å². The molecule has 3 heterocycles. The maximum absolute atomic E-state index is 13.9. The van der Waals surface area contributed by atoms with Crippen LogP contribution >= 0.6 is 23.1 Å². The lowest BCUT2D eigenvalue weighted by Crippen LogP contribution is -2.22. The Hall–Kier alpha value is -3.42. The quantitative estimate of drug-likeness (QED) is 0.118. The van der Waals surface area contributed by atoms with Gasteiger partial charge in [0.05, 0.1) is 16.8 Å². The molecule has 1 aliphatic carbocycles. The van der Waals surface area contributed by atoms with Gasteiger partial charge in [0, 0.05) is 28.4 Å². The third-order valence-corrected chi connectivity index (χ3v) is 9.77. The van der Waals surface area contributed by atoms with Crippen molar-refractivity contribution in [3.63, 3.8) is 0 Å². The monoisotopic (exact) mass is 553 g/mol. The molecule has 0 N–H and O–H groups in total. The molecule has 0 saturated heterocycles. The van der Waals surface area contributed by atoms with Crippen LogP contribution in [0, 0.1) is 13.8 Å². The van der Waals surface area contributed by atoms with E-state index in [9.17, 15) is 9.59 Å². The number of para-hydroxylation sites is 1. The van der Waals surface area contributed by atoms with Crippen LogP contribution in [0.5, 0.6) is 0 Å². The summed E-state index contributed by atoms with van der Waals surface area (Å²) in [5.74, 6) is 0.275. The van der Waals surface area contributed by atoms with E-state index in [2.05, 4.69) is 35.8 Å². The summed E-state index contributed by atoms with van der Waals surface area (Å²) in [6.45, 7) is 4.91. The number of carbonyl (C=O) groups is 1. The molecule has 1 aliphatic rings. The van der Waals surface area contributed by atoms with Gasteiger partial charge in [0.15, 0.2) is 10.9 Å². The topological polar surface area (TPSA) is 56.9 Å². The molecule has 3 aromatic heterocycles. The molecule has 198 valence electrons. The first-order chi connectivity index (χ1) is 19.0. The highest BCUT2D eigenvalue weighted by Gasteiger charge is 2.24. The van der Waals surface area contributed by atoms with Crippen molar-refractivity contribution in [1.29, 1.82) is 0 Å². The number of fused-ring (bicyclic) bond motifs is 3. The van der Waals surface area contributed by atoms with E-state index in [1.165, 1.54) is 27.8 Å². The number of hydrogen-bond acceptors (Lipinski definition) is 5. The first kappa shape index (κ1) is 25.8. The molecule has 0 radical (unpaired) electrons. The number of carbonyl (C=O) groups excluding carboxylic acids is 1. The highest BCUT2D eigenvalue weighted by molar-refractivity contribution is 7.99. The molecule has 5 nitrogen and oxygen atoms in total. The van der Waals surface area contributed by atoms with Crippen LogP contribution < -0.4 is 5.56 Å². The summed E-state index contributed by atoms with van der Waals surface area (Å²) in [5, 5.41) is 1.33. The minimum Gasteiger partial charge on any atom is -0.348 e. The Balaban J connectivity index is 1.30. The van der Waals surface area contributed by atoms with Crippen LogP contribution in [0.1, 0.15) is 50.6 Å². The summed E-state index contributed by atoms with van der Waals surface area (Å²) in [5.41, 5.74) is 6.03. The number of aromatic nitrogens is 3. The molecule has 2 aromatic carbocycles. The Labute approximate surface area is 236 Å². The Kier molecular flexibility index (Phi) is 7.28. The highest BCUT2D eigenvalue weighted by atomic mass is 32.2. The smallest absolute Gasteiger partial charge is 0.267 e. The van der Waals surface area contributed by atoms with Gasteiger partial charge >= 0.3 is 0 Å². The van der Waals surface area contributed by atoms with Gasteiger partial charge in [0.1, 0.15) is 4.83 Å². The number of Topliss-reactive ketones (excluding diaryl/α,β-unsaturated/α-hetero) is 1. The van der Waals surface area contributed by atoms with Crippen LogP contribution in [0.2, 0.25) is 0 Å². The SMILES string of the molecule is Cc1cc(C(=O)CSc2nc3sc4c(c3c(=O)n2-c2ccccc2)CCCC4)c(C)n1CCc1ccccc1. The predicted octanol–water partition coefficient (Wildman–Crippen LogP) is 6.96. The molecule has 5 aromatic rings. The predicted molar refractivity (Wildman–Crippen MR) is 161 cm³/mol. The van der Waals surface area contributed by atoms with Crippen molar-refractivity contribution < 1.29 is 4.79 Å². The van der Waals surface area contributed by atoms with Crippen LogP contribution in [0.4, 0.5) is 0 Å². The fraction of sp³-hybridized carbons (Fsp3) is 0.281. The van der Waals surface area contributed by atoms with E-state index < -0.39 is 0 Å². The molecule has 0 fully saturated rings. The summed E-state index contributed by atoms with van der Waals surface area (Å²) < 4.78 is 3.93. The zero-order chi connectivity index (χ0) is 26.9. The molecule has 39 heavy (non-hydrogen) atoms. The lowest BCUT2D eigenvalue weighted by Gasteiger charge is -2.13. The van der Waals surface area contributed by atoms with Gasteiger partial charge in [-0.2, -0.15) is 0 Å². The molecule has 0 unspecified atom stereocenters. The van der Waals surface area contributed by atoms with Crippen LogP contribution in [0.3, 0.4) is 0 Å². The molecular weight excluding hydrogens is 523 g/mol. The van der Waals surface area contributed by atoms with E-state index >= 15 is 0 Å². The average Bonchev–Trinajstić information content (AvgIpc) is 3.48. The van der Waals surface area contributed by atoms with Crippen LogP contribution in [-0.4, -0.2) is 25.7 Å². The van der Waals surface area contributed by atoms with Crippen molar-refractivity contribution in [1.82, 2.24) is 14.1 Å². The zero-order valence-electron chi connectivity index (χ0n) is 22.3. The Morgan fingerprint density at radius 2 is 1.72 bits per heavy atom. The fourth-order valence-corrected chi connectivity index (χ4v) is 7.81. The molecule has 0 aliphatic heterocycles. The minimum atomic E-state index is -0.0281. The third kappa shape index (κ3) is 5.01. The number of rotatable bonds is 8. The van der Waals surface area contributed by atoms with E-state index in [0.29, 0.717) is 5.16 Å². The number of thiophene rings is 1. The number of hydrogen-bond donors (Lipinski definition) is 0. The van der Waals surface area contributed by atoms with E-state index in [1.807, 2.05) is 49.4 Å². The maximum atomic E-state index is 13.9. The molecule has 0 atom stereocenters. The third-order valence-electron chi connectivity index (χ3n) is 7.65. The van der Waals surface area contributed by atoms with E-state index in [-0.39, 0.29) is 17.1 Å². The van der Waals surface area contributed by atoms with Gasteiger partial charge in [0.2, 0.25) is 0 Å². The Bertz CT molecular complexity index is 1720. The molecule has 0 spiro atoms. The standard InChI is InChI=1S/C32H31N3O2S2/c1-21-19-26(22(2)34(21)18-17-23-11-5-3-6-12-23)27(36)20-38-32-33-30-29(25-15-9-10-16-28(25)39-30)31(37)35(32)24-13-7-4-8-14-24/h3-8,11-14,19H,9-10,15-18,20H2,1-2H3. The average molecular weight is 554 g/mol. The second-order valence-corrected chi connectivity index (χ2v) is 12.2. The molecule has 0 saturated carbocycles. The van der Waals surface area contributed by atoms with Gasteiger partial charge in [-0.3, -0.25) is 14.2 Å². The number of aryl methyl sites for hydroxylation is 4. The number of nitrogens with zero attached hydrogens (tertiary/aromatic N) is 3. The van der Waals surface area contributed by atoms with E-state index in [4.69, 9.17) is 4.98 Å². The highest BCUT2D eigenvalue weighted by Crippen LogP contribution is 2.35. The van der Waals surface area contributed by atoms with Gasteiger partial charge in [-0.05, 0) is 75.3 Å².